The Hall–Kier alpha value is -2.02. The third-order valence-corrected chi connectivity index (χ3v) is 5.09. The summed E-state index contributed by atoms with van der Waals surface area (Å²) in [5.41, 5.74) is 1.02. The second-order valence-corrected chi connectivity index (χ2v) is 6.70. The summed E-state index contributed by atoms with van der Waals surface area (Å²) in [4.78, 5) is 13.8. The van der Waals surface area contributed by atoms with Crippen molar-refractivity contribution in [3.63, 3.8) is 0 Å². The van der Waals surface area contributed by atoms with Crippen LogP contribution in [0.1, 0.15) is 23.4 Å². The third kappa shape index (κ3) is 3.85. The number of amides is 1. The molecule has 7 heteroatoms. The van der Waals surface area contributed by atoms with Crippen LogP contribution in [0, 0.1) is 11.7 Å². The van der Waals surface area contributed by atoms with Gasteiger partial charge >= 0.3 is 0 Å². The molecule has 1 aliphatic heterocycles. The SMILES string of the molecule is CNC(=O)C1CCN(c2nnc(Cc3ccc(F)cc3)s2)CC1. The highest BCUT2D eigenvalue weighted by Gasteiger charge is 2.25. The summed E-state index contributed by atoms with van der Waals surface area (Å²) in [6, 6.07) is 6.46. The molecule has 0 radical (unpaired) electrons. The van der Waals surface area contributed by atoms with Gasteiger partial charge in [0.15, 0.2) is 0 Å². The molecular formula is C16H19FN4OS. The number of hydrogen-bond donors (Lipinski definition) is 1. The van der Waals surface area contributed by atoms with Crippen molar-refractivity contribution in [3.8, 4) is 0 Å². The van der Waals surface area contributed by atoms with E-state index in [1.807, 2.05) is 0 Å². The summed E-state index contributed by atoms with van der Waals surface area (Å²) >= 11 is 1.56. The second kappa shape index (κ2) is 7.04. The first-order chi connectivity index (χ1) is 11.2. The van der Waals surface area contributed by atoms with Gasteiger partial charge in [0.05, 0.1) is 0 Å². The lowest BCUT2D eigenvalue weighted by Crippen LogP contribution is -2.39. The van der Waals surface area contributed by atoms with Gasteiger partial charge < -0.3 is 10.2 Å². The predicted molar refractivity (Wildman–Crippen MR) is 88.1 cm³/mol. The van der Waals surface area contributed by atoms with Crippen LogP contribution in [0.15, 0.2) is 24.3 Å². The van der Waals surface area contributed by atoms with Crippen LogP contribution in [0.4, 0.5) is 9.52 Å². The van der Waals surface area contributed by atoms with Gasteiger partial charge in [-0.3, -0.25) is 4.79 Å². The number of nitrogens with one attached hydrogen (secondary N) is 1. The molecule has 122 valence electrons. The first-order valence-corrected chi connectivity index (χ1v) is 8.50. The Kier molecular flexibility index (Phi) is 4.85. The van der Waals surface area contributed by atoms with E-state index in [0.717, 1.165) is 41.6 Å². The highest BCUT2D eigenvalue weighted by Crippen LogP contribution is 2.27. The van der Waals surface area contributed by atoms with Crippen LogP contribution >= 0.6 is 11.3 Å². The van der Waals surface area contributed by atoms with Gasteiger partial charge in [-0.05, 0) is 30.5 Å². The fourth-order valence-electron chi connectivity index (χ4n) is 2.76. The number of halogens is 1. The highest BCUT2D eigenvalue weighted by atomic mass is 32.1. The molecule has 0 saturated carbocycles. The van der Waals surface area contributed by atoms with E-state index < -0.39 is 0 Å². The number of carbonyl (C=O) groups is 1. The van der Waals surface area contributed by atoms with Crippen molar-refractivity contribution in [3.05, 3.63) is 40.7 Å². The van der Waals surface area contributed by atoms with Crippen LogP contribution in [-0.2, 0) is 11.2 Å². The van der Waals surface area contributed by atoms with E-state index in [1.165, 1.54) is 12.1 Å². The molecule has 1 aliphatic rings. The molecule has 5 nitrogen and oxygen atoms in total. The van der Waals surface area contributed by atoms with Crippen molar-refractivity contribution < 1.29 is 9.18 Å². The topological polar surface area (TPSA) is 58.1 Å². The maximum Gasteiger partial charge on any atom is 0.222 e. The van der Waals surface area contributed by atoms with Crippen LogP contribution in [0.5, 0.6) is 0 Å². The van der Waals surface area contributed by atoms with E-state index in [2.05, 4.69) is 20.4 Å². The molecule has 2 heterocycles. The van der Waals surface area contributed by atoms with E-state index in [9.17, 15) is 9.18 Å². The first-order valence-electron chi connectivity index (χ1n) is 7.69. The normalized spacial score (nSPS) is 15.7. The van der Waals surface area contributed by atoms with Crippen LogP contribution in [0.25, 0.3) is 0 Å². The number of aromatic nitrogens is 2. The fourth-order valence-corrected chi connectivity index (χ4v) is 3.68. The number of carbonyl (C=O) groups excluding carboxylic acids is 1. The van der Waals surface area contributed by atoms with Gasteiger partial charge in [-0.2, -0.15) is 0 Å². The summed E-state index contributed by atoms with van der Waals surface area (Å²) < 4.78 is 12.9. The van der Waals surface area contributed by atoms with Crippen molar-refractivity contribution in [1.82, 2.24) is 15.5 Å². The van der Waals surface area contributed by atoms with Gasteiger partial charge in [-0.1, -0.05) is 23.5 Å². The molecule has 1 aromatic heterocycles. The number of benzene rings is 1. The van der Waals surface area contributed by atoms with Gasteiger partial charge in [0, 0.05) is 32.5 Å². The summed E-state index contributed by atoms with van der Waals surface area (Å²) in [5, 5.41) is 13.0. The largest absolute Gasteiger partial charge is 0.359 e. The van der Waals surface area contributed by atoms with Crippen LogP contribution in [-0.4, -0.2) is 36.2 Å². The van der Waals surface area contributed by atoms with Crippen molar-refractivity contribution >= 4 is 22.4 Å². The lowest BCUT2D eigenvalue weighted by atomic mass is 9.96. The average molecular weight is 334 g/mol. The molecule has 1 N–H and O–H groups in total. The predicted octanol–water partition coefficient (Wildman–Crippen LogP) is 2.23. The molecule has 0 unspecified atom stereocenters. The summed E-state index contributed by atoms with van der Waals surface area (Å²) in [5.74, 6) is -0.00698. The van der Waals surface area contributed by atoms with Crippen LogP contribution < -0.4 is 10.2 Å². The van der Waals surface area contributed by atoms with Gasteiger partial charge in [-0.15, -0.1) is 10.2 Å². The zero-order valence-electron chi connectivity index (χ0n) is 13.0. The number of anilines is 1. The van der Waals surface area contributed by atoms with E-state index in [4.69, 9.17) is 0 Å². The van der Waals surface area contributed by atoms with Gasteiger partial charge in [0.2, 0.25) is 11.0 Å². The zero-order chi connectivity index (χ0) is 16.2. The monoisotopic (exact) mass is 334 g/mol. The number of piperidine rings is 1. The summed E-state index contributed by atoms with van der Waals surface area (Å²) in [6.45, 7) is 1.65. The molecule has 1 saturated heterocycles. The van der Waals surface area contributed by atoms with Crippen LogP contribution in [0.2, 0.25) is 0 Å². The molecule has 23 heavy (non-hydrogen) atoms. The van der Waals surface area contributed by atoms with E-state index >= 15 is 0 Å². The smallest absolute Gasteiger partial charge is 0.222 e. The van der Waals surface area contributed by atoms with Crippen molar-refractivity contribution in [1.29, 1.82) is 0 Å². The molecule has 1 fully saturated rings. The molecule has 1 aromatic carbocycles. The quantitative estimate of drug-likeness (QED) is 0.931. The molecule has 2 aromatic rings. The number of rotatable bonds is 4. The maximum absolute atomic E-state index is 12.9. The molecule has 0 spiro atoms. The van der Waals surface area contributed by atoms with Crippen molar-refractivity contribution in [2.45, 2.75) is 19.3 Å². The van der Waals surface area contributed by atoms with Crippen molar-refractivity contribution in [2.24, 2.45) is 5.92 Å². The lowest BCUT2D eigenvalue weighted by Gasteiger charge is -2.30. The number of nitrogens with zero attached hydrogens (tertiary/aromatic N) is 3. The minimum atomic E-state index is -0.231. The maximum atomic E-state index is 12.9. The Morgan fingerprint density at radius 3 is 2.65 bits per heavy atom. The Labute approximate surface area is 138 Å². The summed E-state index contributed by atoms with van der Waals surface area (Å²) in [6.07, 6.45) is 2.34. The standard InChI is InChI=1S/C16H19FN4OS/c1-18-15(22)12-6-8-21(9-7-12)16-20-19-14(23-16)10-11-2-4-13(17)5-3-11/h2-5,12H,6-10H2,1H3,(H,18,22). The molecule has 1 amide bonds. The Morgan fingerprint density at radius 2 is 2.00 bits per heavy atom. The van der Waals surface area contributed by atoms with E-state index in [0.29, 0.717) is 6.42 Å². The fraction of sp³-hybridized carbons (Fsp3) is 0.438. The third-order valence-electron chi connectivity index (χ3n) is 4.11. The Morgan fingerprint density at radius 1 is 1.30 bits per heavy atom. The lowest BCUT2D eigenvalue weighted by molar-refractivity contribution is -0.125. The molecule has 3 rings (SSSR count). The van der Waals surface area contributed by atoms with Gasteiger partial charge in [-0.25, -0.2) is 4.39 Å². The van der Waals surface area contributed by atoms with Gasteiger partial charge in [0.1, 0.15) is 10.8 Å². The van der Waals surface area contributed by atoms with Crippen LogP contribution in [0.3, 0.4) is 0 Å². The average Bonchev–Trinajstić information content (AvgIpc) is 3.05. The first kappa shape index (κ1) is 15.9. The zero-order valence-corrected chi connectivity index (χ0v) is 13.8. The van der Waals surface area contributed by atoms with E-state index in [-0.39, 0.29) is 17.6 Å². The molecule has 0 bridgehead atoms. The molecular weight excluding hydrogens is 315 g/mol. The number of hydrogen-bond acceptors (Lipinski definition) is 5. The second-order valence-electron chi connectivity index (χ2n) is 5.66. The minimum absolute atomic E-state index is 0.0999. The van der Waals surface area contributed by atoms with E-state index in [1.54, 1.807) is 30.5 Å². The molecule has 0 atom stereocenters. The Bertz CT molecular complexity index is 665. The molecule has 0 aliphatic carbocycles. The highest BCUT2D eigenvalue weighted by molar-refractivity contribution is 7.15. The Balaban J connectivity index is 1.59. The minimum Gasteiger partial charge on any atom is -0.359 e. The van der Waals surface area contributed by atoms with Crippen molar-refractivity contribution in [2.75, 3.05) is 25.0 Å². The summed E-state index contributed by atoms with van der Waals surface area (Å²) in [7, 11) is 1.68. The van der Waals surface area contributed by atoms with Gasteiger partial charge in [0.25, 0.3) is 0 Å².